The normalized spacial score (nSPS) is 35.4. The number of hydrogen-bond acceptors (Lipinski definition) is 4. The second kappa shape index (κ2) is 6.71. The maximum absolute atomic E-state index is 6.47. The molecule has 4 aliphatic rings. The summed E-state index contributed by atoms with van der Waals surface area (Å²) in [7, 11) is 1.71. The van der Waals surface area contributed by atoms with E-state index in [-0.39, 0.29) is 0 Å². The Hall–Kier alpha value is -1.72. The third-order valence-electron chi connectivity index (χ3n) is 6.56. The van der Waals surface area contributed by atoms with Gasteiger partial charge in [-0.3, -0.25) is 0 Å². The highest BCUT2D eigenvalue weighted by Gasteiger charge is 2.61. The molecule has 0 amide bonds. The van der Waals surface area contributed by atoms with E-state index in [1.165, 1.54) is 17.5 Å². The average molecular weight is 366 g/mol. The maximum Gasteiger partial charge on any atom is 0.230 e. The van der Waals surface area contributed by atoms with Gasteiger partial charge in [0.05, 0.1) is 0 Å². The van der Waals surface area contributed by atoms with E-state index in [9.17, 15) is 0 Å². The first-order valence-corrected chi connectivity index (χ1v) is 9.99. The quantitative estimate of drug-likeness (QED) is 0.702. The molecule has 0 unspecified atom stereocenters. The standard InChI is InChI=1S/C23H26O4/c1-24-21-22-15-6-5-9-19(22)14-16-23(25-21,27-26-22)20-12-10-18(11-13-20)17-7-3-2-4-8-17/h2-4,7-8,10-13,19,21H,5-6,9,14-16H2,1H3/t19-,21-,22+,23+/m1/s1. The van der Waals surface area contributed by atoms with Gasteiger partial charge in [0, 0.05) is 19.1 Å². The molecule has 1 spiro atoms. The van der Waals surface area contributed by atoms with E-state index < -0.39 is 17.7 Å². The van der Waals surface area contributed by atoms with Crippen molar-refractivity contribution in [2.24, 2.45) is 5.92 Å². The highest BCUT2D eigenvalue weighted by molar-refractivity contribution is 5.63. The molecule has 3 saturated heterocycles. The van der Waals surface area contributed by atoms with Crippen molar-refractivity contribution in [3.8, 4) is 11.1 Å². The molecule has 0 radical (unpaired) electrons. The third-order valence-corrected chi connectivity index (χ3v) is 6.56. The van der Waals surface area contributed by atoms with Gasteiger partial charge in [-0.05, 0) is 36.3 Å². The van der Waals surface area contributed by atoms with Crippen molar-refractivity contribution < 1.29 is 19.2 Å². The summed E-state index contributed by atoms with van der Waals surface area (Å²) in [5, 5.41) is 0. The van der Waals surface area contributed by atoms with Crippen LogP contribution < -0.4 is 0 Å². The summed E-state index contributed by atoms with van der Waals surface area (Å²) >= 11 is 0. The maximum atomic E-state index is 6.47. The summed E-state index contributed by atoms with van der Waals surface area (Å²) in [4.78, 5) is 12.1. The molecule has 0 N–H and O–H groups in total. The van der Waals surface area contributed by atoms with Crippen LogP contribution in [0.1, 0.15) is 44.1 Å². The van der Waals surface area contributed by atoms with Gasteiger partial charge >= 0.3 is 0 Å². The fourth-order valence-electron chi connectivity index (χ4n) is 5.05. The Kier molecular flexibility index (Phi) is 4.32. The van der Waals surface area contributed by atoms with Crippen LogP contribution >= 0.6 is 0 Å². The SMILES string of the molecule is CO[C@@H]1O[C@@]2(c3ccc(-c4ccccc4)cc3)CC[C@H]3CCCC[C@]31OO2. The van der Waals surface area contributed by atoms with Gasteiger partial charge in [0.1, 0.15) is 0 Å². The average Bonchev–Trinajstić information content (AvgIpc) is 3.01. The lowest BCUT2D eigenvalue weighted by atomic mass is 9.73. The van der Waals surface area contributed by atoms with Crippen LogP contribution in [0.3, 0.4) is 0 Å². The van der Waals surface area contributed by atoms with Crippen LogP contribution in [0.15, 0.2) is 54.6 Å². The Balaban J connectivity index is 1.48. The van der Waals surface area contributed by atoms with Gasteiger partial charge in [0.15, 0.2) is 11.9 Å². The molecule has 2 aromatic rings. The highest BCUT2D eigenvalue weighted by Crippen LogP contribution is 2.55. The number of methoxy groups -OCH3 is 1. The zero-order valence-electron chi connectivity index (χ0n) is 15.7. The van der Waals surface area contributed by atoms with Crippen molar-refractivity contribution >= 4 is 0 Å². The molecule has 4 heteroatoms. The van der Waals surface area contributed by atoms with Crippen LogP contribution in [0.5, 0.6) is 0 Å². The van der Waals surface area contributed by atoms with Crippen LogP contribution in [0.4, 0.5) is 0 Å². The number of benzene rings is 2. The number of ether oxygens (including phenoxy) is 2. The van der Waals surface area contributed by atoms with Gasteiger partial charge in [0.25, 0.3) is 0 Å². The molecule has 2 aromatic carbocycles. The first kappa shape index (κ1) is 17.4. The van der Waals surface area contributed by atoms with Crippen LogP contribution in [0, 0.1) is 5.92 Å². The summed E-state index contributed by atoms with van der Waals surface area (Å²) in [6.07, 6.45) is 5.86. The van der Waals surface area contributed by atoms with Crippen molar-refractivity contribution in [2.45, 2.75) is 56.2 Å². The van der Waals surface area contributed by atoms with Gasteiger partial charge in [0.2, 0.25) is 5.79 Å². The minimum Gasteiger partial charge on any atom is -0.353 e. The fraction of sp³-hybridized carbons (Fsp3) is 0.478. The Morgan fingerprint density at radius 3 is 2.41 bits per heavy atom. The van der Waals surface area contributed by atoms with Crippen LogP contribution in [-0.4, -0.2) is 19.0 Å². The topological polar surface area (TPSA) is 36.9 Å². The zero-order chi connectivity index (χ0) is 18.3. The lowest BCUT2D eigenvalue weighted by molar-refractivity contribution is -0.558. The van der Waals surface area contributed by atoms with Crippen molar-refractivity contribution in [1.82, 2.24) is 0 Å². The molecular weight excluding hydrogens is 340 g/mol. The minimum absolute atomic E-state index is 0.396. The first-order valence-electron chi connectivity index (χ1n) is 9.99. The lowest BCUT2D eigenvalue weighted by Gasteiger charge is -2.49. The van der Waals surface area contributed by atoms with Gasteiger partial charge in [-0.15, -0.1) is 0 Å². The Morgan fingerprint density at radius 1 is 0.852 bits per heavy atom. The summed E-state index contributed by atoms with van der Waals surface area (Å²) < 4.78 is 12.2. The predicted molar refractivity (Wildman–Crippen MR) is 102 cm³/mol. The number of rotatable bonds is 3. The second-order valence-corrected chi connectivity index (χ2v) is 7.98. The molecule has 142 valence electrons. The summed E-state index contributed by atoms with van der Waals surface area (Å²) in [5.74, 6) is -0.470. The van der Waals surface area contributed by atoms with Crippen molar-refractivity contribution in [1.29, 1.82) is 0 Å². The molecule has 1 aliphatic carbocycles. The molecule has 4 atom stereocenters. The second-order valence-electron chi connectivity index (χ2n) is 7.98. The highest BCUT2D eigenvalue weighted by atomic mass is 17.3. The van der Waals surface area contributed by atoms with Crippen molar-refractivity contribution in [3.05, 3.63) is 60.2 Å². The van der Waals surface area contributed by atoms with Crippen LogP contribution in [0.25, 0.3) is 11.1 Å². The predicted octanol–water partition coefficient (Wildman–Crippen LogP) is 5.18. The lowest BCUT2D eigenvalue weighted by Crippen LogP contribution is -2.59. The molecule has 4 fully saturated rings. The molecule has 0 aromatic heterocycles. The minimum atomic E-state index is -0.890. The summed E-state index contributed by atoms with van der Waals surface area (Å²) in [6.45, 7) is 0. The molecule has 6 rings (SSSR count). The van der Waals surface area contributed by atoms with Crippen LogP contribution in [0.2, 0.25) is 0 Å². The van der Waals surface area contributed by atoms with Gasteiger partial charge in [-0.1, -0.05) is 67.4 Å². The molecule has 1 saturated carbocycles. The summed E-state index contributed by atoms with van der Waals surface area (Å²) in [5.41, 5.74) is 2.90. The van der Waals surface area contributed by atoms with E-state index in [4.69, 9.17) is 19.2 Å². The summed E-state index contributed by atoms with van der Waals surface area (Å²) in [6, 6.07) is 18.8. The van der Waals surface area contributed by atoms with E-state index in [1.54, 1.807) is 7.11 Å². The van der Waals surface area contributed by atoms with Gasteiger partial charge in [-0.2, -0.15) is 4.89 Å². The zero-order valence-corrected chi connectivity index (χ0v) is 15.7. The van der Waals surface area contributed by atoms with E-state index >= 15 is 0 Å². The van der Waals surface area contributed by atoms with Crippen LogP contribution in [-0.2, 0) is 25.0 Å². The van der Waals surface area contributed by atoms with E-state index in [1.807, 2.05) is 6.07 Å². The number of hydrogen-bond donors (Lipinski definition) is 0. The van der Waals surface area contributed by atoms with E-state index in [0.29, 0.717) is 5.92 Å². The largest absolute Gasteiger partial charge is 0.353 e. The Morgan fingerprint density at radius 2 is 1.63 bits per heavy atom. The molecule has 3 heterocycles. The molecule has 3 aliphatic heterocycles. The Labute approximate surface area is 160 Å². The van der Waals surface area contributed by atoms with Gasteiger partial charge < -0.3 is 9.47 Å². The smallest absolute Gasteiger partial charge is 0.230 e. The number of fused-ring (bicyclic) bond motifs is 3. The van der Waals surface area contributed by atoms with Gasteiger partial charge in [-0.25, -0.2) is 4.89 Å². The molecular formula is C23H26O4. The van der Waals surface area contributed by atoms with E-state index in [2.05, 4.69) is 48.5 Å². The van der Waals surface area contributed by atoms with Crippen molar-refractivity contribution in [3.63, 3.8) is 0 Å². The fourth-order valence-corrected chi connectivity index (χ4v) is 5.05. The monoisotopic (exact) mass is 366 g/mol. The molecule has 27 heavy (non-hydrogen) atoms. The third kappa shape index (κ3) is 2.74. The molecule has 4 nitrogen and oxygen atoms in total. The van der Waals surface area contributed by atoms with Crippen molar-refractivity contribution in [2.75, 3.05) is 7.11 Å². The van der Waals surface area contributed by atoms with E-state index in [0.717, 1.165) is 37.7 Å². The Bertz CT molecular complexity index is 786. The first-order chi connectivity index (χ1) is 13.3. The molecule has 2 bridgehead atoms.